The van der Waals surface area contributed by atoms with Gasteiger partial charge in [0.1, 0.15) is 118 Å². The van der Waals surface area contributed by atoms with Crippen LogP contribution in [0.4, 0.5) is 0 Å². The molecule has 34 heavy (non-hydrogen) atoms. The highest BCUT2D eigenvalue weighted by Crippen LogP contribution is 2.23. The third-order valence-electron chi connectivity index (χ3n) is 6.09. The Hall–Kier alpha value is -1.37. The van der Waals surface area contributed by atoms with Gasteiger partial charge < -0.3 is 0 Å². The lowest BCUT2D eigenvalue weighted by atomic mass is 9.52. The van der Waals surface area contributed by atoms with Crippen molar-refractivity contribution in [3.05, 3.63) is 16.7 Å². The van der Waals surface area contributed by atoms with Gasteiger partial charge in [0.2, 0.25) is 0 Å². The Kier molecular flexibility index (Phi) is 7.68. The molecular weight excluding hydrogens is 390 g/mol. The van der Waals surface area contributed by atoms with E-state index in [0.29, 0.717) is 0 Å². The number of hydrogen-bond acceptors (Lipinski definition) is 0. The van der Waals surface area contributed by atoms with Crippen LogP contribution in [0, 0.1) is 0 Å². The maximum absolute atomic E-state index is 6.36. The number of rotatable bonds is 3. The van der Waals surface area contributed by atoms with Crippen LogP contribution in [-0.2, 0) is 0 Å². The van der Waals surface area contributed by atoms with Gasteiger partial charge in [0.05, 0.1) is 0 Å². The van der Waals surface area contributed by atoms with E-state index in [1.807, 2.05) is 0 Å². The lowest BCUT2D eigenvalue weighted by molar-refractivity contribution is 1.04. The number of hydrogen-bond donors (Lipinski definition) is 0. The zero-order valence-electron chi connectivity index (χ0n) is 18.2. The van der Waals surface area contributed by atoms with Gasteiger partial charge in [0.15, 0.2) is 0 Å². The predicted molar refractivity (Wildman–Crippen MR) is 161 cm³/mol. The molecule has 0 bridgehead atoms. The summed E-state index contributed by atoms with van der Waals surface area (Å²) in [6.07, 6.45) is 0. The average molecular weight is 391 g/mol. The van der Waals surface area contributed by atoms with Gasteiger partial charge in [0.25, 0.3) is 0 Å². The first-order valence-corrected chi connectivity index (χ1v) is 9.70. The van der Waals surface area contributed by atoms with E-state index in [1.165, 1.54) is 0 Å². The Balaban J connectivity index is 2.68. The van der Waals surface area contributed by atoms with E-state index in [-0.39, 0.29) is 98.6 Å². The molecule has 0 heterocycles. The van der Waals surface area contributed by atoms with E-state index in [9.17, 15) is 0 Å². The van der Waals surface area contributed by atoms with Crippen molar-refractivity contribution in [3.8, 4) is 0 Å². The normalized spacial score (nSPS) is 11.2. The van der Waals surface area contributed by atoms with Crippen molar-refractivity contribution in [2.75, 3.05) is 0 Å². The molecule has 0 aliphatic carbocycles. The van der Waals surface area contributed by atoms with Crippen molar-refractivity contribution in [1.82, 2.24) is 0 Å². The van der Waals surface area contributed by atoms with E-state index >= 15 is 0 Å². The molecule has 0 N–H and O–H groups in total. The quantitative estimate of drug-likeness (QED) is 0.307. The zero-order chi connectivity index (χ0) is 26.0. The summed E-state index contributed by atoms with van der Waals surface area (Å²) in [5.74, 6) is -1.17. The molecule has 30 radical (unpaired) electrons. The fourth-order valence-corrected chi connectivity index (χ4v) is 3.98. The molecule has 0 aliphatic heterocycles. The molecule has 3 rings (SSSR count). The molecule has 0 atom stereocenters. The highest BCUT2D eigenvalue weighted by Gasteiger charge is 2.29. The summed E-state index contributed by atoms with van der Waals surface area (Å²) in [6.45, 7) is 0. The van der Waals surface area contributed by atoms with Crippen LogP contribution in [-0.4, -0.2) is 118 Å². The highest BCUT2D eigenvalue weighted by molar-refractivity contribution is 6.70. The second kappa shape index (κ2) is 9.59. The first-order chi connectivity index (χ1) is 15.7. The van der Waals surface area contributed by atoms with Crippen LogP contribution < -0.4 is 81.9 Å². The van der Waals surface area contributed by atoms with Crippen LogP contribution in [0.3, 0.4) is 0 Å². The van der Waals surface area contributed by atoms with Gasteiger partial charge in [0, 0.05) is 5.92 Å². The summed E-state index contributed by atoms with van der Waals surface area (Å²) in [5, 5.41) is 0. The summed E-state index contributed by atoms with van der Waals surface area (Å²) in [7, 11) is 92.8. The molecule has 0 nitrogen and oxygen atoms in total. The molecule has 3 aromatic rings. The van der Waals surface area contributed by atoms with Crippen molar-refractivity contribution in [2.45, 2.75) is 5.92 Å². The molecule has 15 heteroatoms. The minimum atomic E-state index is -1.17. The lowest BCUT2D eigenvalue weighted by Gasteiger charge is -2.36. The van der Waals surface area contributed by atoms with E-state index < -0.39 is 5.92 Å². The van der Waals surface area contributed by atoms with E-state index in [0.717, 1.165) is 0 Å². The number of benzene rings is 3. The van der Waals surface area contributed by atoms with Crippen molar-refractivity contribution < 1.29 is 0 Å². The average Bonchev–Trinajstić information content (AvgIpc) is 2.81. The molecule has 0 saturated heterocycles. The SMILES string of the molecule is [B]c1c([B])c([B])c(C(c2c([B])c([B])c([B])c([B])c2[B])c2c([B])c([B])c([B])c([B])c2[B])c([B])c1[B]. The second-order valence-corrected chi connectivity index (χ2v) is 7.88. The molecule has 0 aromatic heterocycles. The summed E-state index contributed by atoms with van der Waals surface area (Å²) < 4.78 is 0. The van der Waals surface area contributed by atoms with E-state index in [1.54, 1.807) is 0 Å². The maximum atomic E-state index is 6.36. The van der Waals surface area contributed by atoms with E-state index in [2.05, 4.69) is 0 Å². The Morgan fingerprint density at radius 3 is 0.471 bits per heavy atom. The first kappa shape index (κ1) is 27.2. The molecule has 0 unspecified atom stereocenters. The molecule has 122 valence electrons. The third kappa shape index (κ3) is 3.94. The van der Waals surface area contributed by atoms with Gasteiger partial charge in [-0.15, -0.1) is 81.9 Å². The first-order valence-electron chi connectivity index (χ1n) is 9.70. The van der Waals surface area contributed by atoms with Gasteiger partial charge in [-0.05, 0) is 0 Å². The Morgan fingerprint density at radius 1 is 0.206 bits per heavy atom. The molecular formula is C19HB15. The van der Waals surface area contributed by atoms with Crippen molar-refractivity contribution >= 4 is 200 Å². The second-order valence-electron chi connectivity index (χ2n) is 7.88. The minimum Gasteiger partial charge on any atom is -0.112 e. The zero-order valence-corrected chi connectivity index (χ0v) is 18.2. The standard InChI is InChI=1S/C19HB15/c20-5-2(6(21)12(27)17(32)11(5)26)1(3-7(22)13(28)18(33)14(29)8(3)23)4-9(24)15(30)19(34)16(31)10(4)25/h1H. The molecule has 0 aliphatic rings. The molecule has 0 fully saturated rings. The van der Waals surface area contributed by atoms with Crippen molar-refractivity contribution in [1.29, 1.82) is 0 Å². The van der Waals surface area contributed by atoms with Crippen molar-refractivity contribution in [3.63, 3.8) is 0 Å². The summed E-state index contributed by atoms with van der Waals surface area (Å²) in [5.41, 5.74) is -0.272. The monoisotopic (exact) mass is 394 g/mol. The van der Waals surface area contributed by atoms with Crippen LogP contribution in [0.2, 0.25) is 0 Å². The van der Waals surface area contributed by atoms with Gasteiger partial charge in [-0.3, -0.25) is 0 Å². The van der Waals surface area contributed by atoms with Crippen LogP contribution in [0.15, 0.2) is 0 Å². The fraction of sp³-hybridized carbons (Fsp3) is 0.0526. The Bertz CT molecular complexity index is 1110. The van der Waals surface area contributed by atoms with Crippen LogP contribution in [0.5, 0.6) is 0 Å². The largest absolute Gasteiger partial charge is 0.113 e. The lowest BCUT2D eigenvalue weighted by Crippen LogP contribution is -2.62. The van der Waals surface area contributed by atoms with Crippen LogP contribution >= 0.6 is 0 Å². The molecule has 0 saturated carbocycles. The molecule has 0 spiro atoms. The van der Waals surface area contributed by atoms with Gasteiger partial charge >= 0.3 is 0 Å². The topological polar surface area (TPSA) is 0 Å². The Morgan fingerprint density at radius 2 is 0.324 bits per heavy atom. The summed E-state index contributed by atoms with van der Waals surface area (Å²) in [6, 6.07) is 0. The molecule has 0 amide bonds. The van der Waals surface area contributed by atoms with Crippen molar-refractivity contribution in [2.24, 2.45) is 0 Å². The van der Waals surface area contributed by atoms with Gasteiger partial charge in [-0.1, -0.05) is 16.7 Å². The maximum Gasteiger partial charge on any atom is 0.113 e. The summed E-state index contributed by atoms with van der Waals surface area (Å²) >= 11 is 0. The Labute approximate surface area is 221 Å². The fourth-order valence-electron chi connectivity index (χ4n) is 3.98. The smallest absolute Gasteiger partial charge is 0.112 e. The van der Waals surface area contributed by atoms with Gasteiger partial charge in [-0.2, -0.15) is 0 Å². The predicted octanol–water partition coefficient (Wildman–Crippen LogP) is -13.2. The summed E-state index contributed by atoms with van der Waals surface area (Å²) in [4.78, 5) is 0. The van der Waals surface area contributed by atoms with Crippen LogP contribution in [0.1, 0.15) is 22.6 Å². The van der Waals surface area contributed by atoms with E-state index in [4.69, 9.17) is 118 Å². The molecule has 3 aromatic carbocycles. The van der Waals surface area contributed by atoms with Crippen LogP contribution in [0.25, 0.3) is 0 Å². The highest BCUT2D eigenvalue weighted by atomic mass is 14.3. The third-order valence-corrected chi connectivity index (χ3v) is 6.09. The minimum absolute atomic E-state index is 0.0212. The van der Waals surface area contributed by atoms with Gasteiger partial charge in [-0.25, -0.2) is 0 Å².